The van der Waals surface area contributed by atoms with Crippen molar-refractivity contribution >= 4 is 5.97 Å². The van der Waals surface area contributed by atoms with Crippen molar-refractivity contribution in [2.24, 2.45) is 0 Å². The lowest BCUT2D eigenvalue weighted by Gasteiger charge is -2.36. The maximum atomic E-state index is 12.4. The maximum Gasteiger partial charge on any atom is 0.339 e. The highest BCUT2D eigenvalue weighted by Gasteiger charge is 2.47. The van der Waals surface area contributed by atoms with Gasteiger partial charge in [0.25, 0.3) is 0 Å². The van der Waals surface area contributed by atoms with Gasteiger partial charge in [0.1, 0.15) is 0 Å². The minimum Gasteiger partial charge on any atom is -0.444 e. The molecule has 0 radical (unpaired) electrons. The average molecular weight is 309 g/mol. The minimum absolute atomic E-state index is 0.238. The minimum atomic E-state index is -0.730. The fourth-order valence-electron chi connectivity index (χ4n) is 3.49. The van der Waals surface area contributed by atoms with Gasteiger partial charge in [-0.25, -0.2) is 4.79 Å². The topological polar surface area (TPSA) is 38.8 Å². The molecule has 1 fully saturated rings. The van der Waals surface area contributed by atoms with E-state index < -0.39 is 5.60 Å². The largest absolute Gasteiger partial charge is 0.444 e. The molecule has 4 heteroatoms. The molecule has 1 atom stereocenters. The van der Waals surface area contributed by atoms with Crippen LogP contribution in [-0.4, -0.2) is 43.7 Å². The van der Waals surface area contributed by atoms with Crippen LogP contribution in [0.3, 0.4) is 0 Å². The molecule has 2 aromatic rings. The molecule has 0 amide bonds. The third kappa shape index (κ3) is 2.44. The number of benzene rings is 2. The van der Waals surface area contributed by atoms with Crippen molar-refractivity contribution in [2.75, 3.05) is 32.8 Å². The van der Waals surface area contributed by atoms with Crippen molar-refractivity contribution < 1.29 is 14.3 Å². The van der Waals surface area contributed by atoms with Crippen LogP contribution in [0.5, 0.6) is 0 Å². The summed E-state index contributed by atoms with van der Waals surface area (Å²) in [5, 5.41) is 0. The lowest BCUT2D eigenvalue weighted by Crippen LogP contribution is -2.46. The Balaban J connectivity index is 1.81. The Morgan fingerprint density at radius 2 is 1.65 bits per heavy atom. The summed E-state index contributed by atoms with van der Waals surface area (Å²) in [6.07, 6.45) is 0. The zero-order chi connectivity index (χ0) is 15.7. The number of cyclic esters (lactones) is 1. The van der Waals surface area contributed by atoms with Gasteiger partial charge in [-0.15, -0.1) is 0 Å². The van der Waals surface area contributed by atoms with Crippen LogP contribution in [0.25, 0.3) is 0 Å². The van der Waals surface area contributed by atoms with Crippen LogP contribution < -0.4 is 0 Å². The highest BCUT2D eigenvalue weighted by molar-refractivity contribution is 5.95. The Labute approximate surface area is 135 Å². The Kier molecular flexibility index (Phi) is 3.63. The Bertz CT molecular complexity index is 710. The molecule has 0 spiro atoms. The molecule has 118 valence electrons. The predicted octanol–water partition coefficient (Wildman–Crippen LogP) is 2.43. The van der Waals surface area contributed by atoms with Crippen LogP contribution in [0.15, 0.2) is 54.6 Å². The number of hydrogen-bond acceptors (Lipinski definition) is 4. The van der Waals surface area contributed by atoms with E-state index in [1.165, 1.54) is 0 Å². The summed E-state index contributed by atoms with van der Waals surface area (Å²) in [5.74, 6) is -0.238. The van der Waals surface area contributed by atoms with E-state index in [1.807, 2.05) is 54.6 Å². The van der Waals surface area contributed by atoms with Crippen molar-refractivity contribution in [1.82, 2.24) is 4.90 Å². The smallest absolute Gasteiger partial charge is 0.339 e. The number of hydrogen-bond donors (Lipinski definition) is 0. The van der Waals surface area contributed by atoms with Crippen molar-refractivity contribution in [1.29, 1.82) is 0 Å². The molecule has 1 saturated heterocycles. The second kappa shape index (κ2) is 5.80. The number of fused-ring (bicyclic) bond motifs is 1. The monoisotopic (exact) mass is 309 g/mol. The maximum absolute atomic E-state index is 12.4. The number of rotatable bonds is 3. The molecule has 2 aliphatic heterocycles. The summed E-state index contributed by atoms with van der Waals surface area (Å²) in [6.45, 7) is 3.81. The van der Waals surface area contributed by atoms with E-state index in [0.29, 0.717) is 12.1 Å². The van der Waals surface area contributed by atoms with Gasteiger partial charge in [-0.1, -0.05) is 48.5 Å². The van der Waals surface area contributed by atoms with E-state index in [4.69, 9.17) is 9.47 Å². The fourth-order valence-corrected chi connectivity index (χ4v) is 3.49. The molecule has 4 rings (SSSR count). The van der Waals surface area contributed by atoms with E-state index in [1.54, 1.807) is 0 Å². The molecule has 2 aliphatic rings. The molecular weight excluding hydrogens is 290 g/mol. The van der Waals surface area contributed by atoms with Crippen molar-refractivity contribution in [2.45, 2.75) is 5.60 Å². The van der Waals surface area contributed by atoms with Gasteiger partial charge in [0, 0.05) is 30.8 Å². The van der Waals surface area contributed by atoms with Gasteiger partial charge < -0.3 is 9.47 Å². The highest BCUT2D eigenvalue weighted by Crippen LogP contribution is 2.42. The first kappa shape index (κ1) is 14.4. The lowest BCUT2D eigenvalue weighted by atomic mass is 9.85. The van der Waals surface area contributed by atoms with E-state index in [-0.39, 0.29) is 5.97 Å². The summed E-state index contributed by atoms with van der Waals surface area (Å²) >= 11 is 0. The quantitative estimate of drug-likeness (QED) is 0.816. The van der Waals surface area contributed by atoms with Gasteiger partial charge in [-0.3, -0.25) is 4.90 Å². The Morgan fingerprint density at radius 3 is 2.43 bits per heavy atom. The first-order chi connectivity index (χ1) is 11.3. The van der Waals surface area contributed by atoms with Crippen LogP contribution >= 0.6 is 0 Å². The molecular formula is C19H19NO3. The lowest BCUT2D eigenvalue weighted by molar-refractivity contribution is -0.0280. The average Bonchev–Trinajstić information content (AvgIpc) is 2.90. The Hall–Kier alpha value is -2.17. The second-order valence-corrected chi connectivity index (χ2v) is 6.02. The molecule has 0 N–H and O–H groups in total. The Morgan fingerprint density at radius 1 is 0.957 bits per heavy atom. The molecule has 0 saturated carbocycles. The van der Waals surface area contributed by atoms with E-state index in [9.17, 15) is 4.79 Å². The van der Waals surface area contributed by atoms with Crippen LogP contribution in [0, 0.1) is 0 Å². The number of nitrogens with zero attached hydrogens (tertiary/aromatic N) is 1. The van der Waals surface area contributed by atoms with Gasteiger partial charge in [0.15, 0.2) is 5.60 Å². The standard InChI is InChI=1S/C19H19NO3/c21-18-16-8-4-5-9-17(16)19(23-18,15-6-2-1-3-7-15)14-20-10-12-22-13-11-20/h1-9H,10-14H2. The van der Waals surface area contributed by atoms with Crippen molar-refractivity contribution in [3.63, 3.8) is 0 Å². The molecule has 2 heterocycles. The molecule has 0 aromatic heterocycles. The summed E-state index contributed by atoms with van der Waals surface area (Å²) in [7, 11) is 0. The van der Waals surface area contributed by atoms with Crippen LogP contribution in [0.2, 0.25) is 0 Å². The third-order valence-corrected chi connectivity index (χ3v) is 4.64. The zero-order valence-electron chi connectivity index (χ0n) is 12.9. The van der Waals surface area contributed by atoms with E-state index in [0.717, 1.165) is 37.4 Å². The number of carbonyl (C=O) groups is 1. The van der Waals surface area contributed by atoms with Gasteiger partial charge in [0.2, 0.25) is 0 Å². The summed E-state index contributed by atoms with van der Waals surface area (Å²) < 4.78 is 11.4. The fraction of sp³-hybridized carbons (Fsp3) is 0.316. The van der Waals surface area contributed by atoms with Gasteiger partial charge in [-0.05, 0) is 6.07 Å². The van der Waals surface area contributed by atoms with Crippen LogP contribution in [0.1, 0.15) is 21.5 Å². The molecule has 0 aliphatic carbocycles. The third-order valence-electron chi connectivity index (χ3n) is 4.64. The molecule has 2 aromatic carbocycles. The van der Waals surface area contributed by atoms with E-state index >= 15 is 0 Å². The zero-order valence-corrected chi connectivity index (χ0v) is 12.9. The first-order valence-corrected chi connectivity index (χ1v) is 7.98. The van der Waals surface area contributed by atoms with E-state index in [2.05, 4.69) is 4.90 Å². The summed E-state index contributed by atoms with van der Waals surface area (Å²) in [6, 6.07) is 17.7. The number of morpholine rings is 1. The summed E-state index contributed by atoms with van der Waals surface area (Å²) in [5.41, 5.74) is 1.92. The second-order valence-electron chi connectivity index (χ2n) is 6.02. The van der Waals surface area contributed by atoms with Crippen LogP contribution in [-0.2, 0) is 15.1 Å². The van der Waals surface area contributed by atoms with Gasteiger partial charge in [0.05, 0.1) is 18.8 Å². The molecule has 1 unspecified atom stereocenters. The molecule has 0 bridgehead atoms. The predicted molar refractivity (Wildman–Crippen MR) is 86.3 cm³/mol. The van der Waals surface area contributed by atoms with Gasteiger partial charge >= 0.3 is 5.97 Å². The van der Waals surface area contributed by atoms with Crippen LogP contribution in [0.4, 0.5) is 0 Å². The number of carbonyl (C=O) groups excluding carboxylic acids is 1. The first-order valence-electron chi connectivity index (χ1n) is 7.98. The highest BCUT2D eigenvalue weighted by atomic mass is 16.6. The normalized spacial score (nSPS) is 24.3. The number of ether oxygens (including phenoxy) is 2. The van der Waals surface area contributed by atoms with Crippen molar-refractivity contribution in [3.05, 3.63) is 71.3 Å². The SMILES string of the molecule is O=C1OC(CN2CCOCC2)(c2ccccc2)c2ccccc21. The molecule has 23 heavy (non-hydrogen) atoms. The van der Waals surface area contributed by atoms with Crippen molar-refractivity contribution in [3.8, 4) is 0 Å². The summed E-state index contributed by atoms with van der Waals surface area (Å²) in [4.78, 5) is 14.7. The number of esters is 1. The molecule has 4 nitrogen and oxygen atoms in total. The van der Waals surface area contributed by atoms with Gasteiger partial charge in [-0.2, -0.15) is 0 Å².